The fourth-order valence-electron chi connectivity index (χ4n) is 2.06. The zero-order valence-electron chi connectivity index (χ0n) is 10.7. The highest BCUT2D eigenvalue weighted by molar-refractivity contribution is 5.89. The first-order valence-electron chi connectivity index (χ1n) is 5.67. The van der Waals surface area contributed by atoms with E-state index in [0.717, 1.165) is 12.3 Å². The van der Waals surface area contributed by atoms with E-state index in [9.17, 15) is 18.0 Å². The standard InChI is InChI=1S/C13H11F3N2O2/c1-7-5-10(12(19)20)8(2)18(7)9-3-4-11(17-6-9)13(14,15)16/h3-6H,1-2H3,(H,19,20). The summed E-state index contributed by atoms with van der Waals surface area (Å²) >= 11 is 0. The molecule has 2 heterocycles. The van der Waals surface area contributed by atoms with Crippen molar-refractivity contribution >= 4 is 5.97 Å². The van der Waals surface area contributed by atoms with Crippen molar-refractivity contribution in [3.05, 3.63) is 47.0 Å². The average Bonchev–Trinajstić information content (AvgIpc) is 2.64. The van der Waals surface area contributed by atoms with E-state index in [1.165, 1.54) is 12.1 Å². The Kier molecular flexibility index (Phi) is 3.29. The van der Waals surface area contributed by atoms with Gasteiger partial charge in [-0.05, 0) is 32.0 Å². The molecule has 106 valence electrons. The molecule has 0 spiro atoms. The lowest BCUT2D eigenvalue weighted by molar-refractivity contribution is -0.141. The van der Waals surface area contributed by atoms with Gasteiger partial charge in [0.2, 0.25) is 0 Å². The second-order valence-electron chi connectivity index (χ2n) is 4.32. The van der Waals surface area contributed by atoms with E-state index in [2.05, 4.69) is 4.98 Å². The summed E-state index contributed by atoms with van der Waals surface area (Å²) in [6, 6.07) is 3.60. The van der Waals surface area contributed by atoms with Crippen LogP contribution in [0.15, 0.2) is 24.4 Å². The number of hydrogen-bond donors (Lipinski definition) is 1. The van der Waals surface area contributed by atoms with Crippen LogP contribution in [0.25, 0.3) is 5.69 Å². The summed E-state index contributed by atoms with van der Waals surface area (Å²) in [5, 5.41) is 9.02. The second kappa shape index (κ2) is 4.66. The molecule has 20 heavy (non-hydrogen) atoms. The number of carboxylic acids is 1. The molecule has 0 saturated carbocycles. The summed E-state index contributed by atoms with van der Waals surface area (Å²) < 4.78 is 38.9. The molecule has 2 rings (SSSR count). The van der Waals surface area contributed by atoms with E-state index in [4.69, 9.17) is 5.11 Å². The van der Waals surface area contributed by atoms with E-state index < -0.39 is 17.8 Å². The van der Waals surface area contributed by atoms with E-state index in [1.807, 2.05) is 0 Å². The van der Waals surface area contributed by atoms with Crippen molar-refractivity contribution in [2.75, 3.05) is 0 Å². The first-order chi connectivity index (χ1) is 9.21. The lowest BCUT2D eigenvalue weighted by Gasteiger charge is -2.11. The molecule has 2 aromatic rings. The number of halogens is 3. The van der Waals surface area contributed by atoms with E-state index in [-0.39, 0.29) is 5.56 Å². The van der Waals surface area contributed by atoms with Crippen molar-refractivity contribution in [1.29, 1.82) is 0 Å². The molecule has 0 aromatic carbocycles. The largest absolute Gasteiger partial charge is 0.478 e. The first-order valence-corrected chi connectivity index (χ1v) is 5.67. The normalized spacial score (nSPS) is 11.7. The number of hydrogen-bond acceptors (Lipinski definition) is 2. The van der Waals surface area contributed by atoms with Crippen molar-refractivity contribution in [1.82, 2.24) is 9.55 Å². The van der Waals surface area contributed by atoms with Gasteiger partial charge in [0.1, 0.15) is 5.69 Å². The number of carbonyl (C=O) groups is 1. The summed E-state index contributed by atoms with van der Waals surface area (Å²) in [7, 11) is 0. The summed E-state index contributed by atoms with van der Waals surface area (Å²) in [5.41, 5.74) is 0.572. The highest BCUT2D eigenvalue weighted by Gasteiger charge is 2.32. The Balaban J connectivity index is 2.50. The molecule has 0 saturated heterocycles. The number of pyridine rings is 1. The molecular weight excluding hydrogens is 273 g/mol. The zero-order chi connectivity index (χ0) is 15.1. The number of rotatable bonds is 2. The van der Waals surface area contributed by atoms with Crippen LogP contribution >= 0.6 is 0 Å². The summed E-state index contributed by atoms with van der Waals surface area (Å²) in [6.07, 6.45) is -3.42. The number of alkyl halides is 3. The number of aromatic nitrogens is 2. The first kappa shape index (κ1) is 14.1. The third kappa shape index (κ3) is 2.38. The molecule has 0 fully saturated rings. The van der Waals surface area contributed by atoms with Crippen molar-refractivity contribution in [2.24, 2.45) is 0 Å². The lowest BCUT2D eigenvalue weighted by Crippen LogP contribution is -2.09. The summed E-state index contributed by atoms with van der Waals surface area (Å²) in [5.74, 6) is -1.08. The Bertz CT molecular complexity index is 657. The molecule has 0 aliphatic carbocycles. The highest BCUT2D eigenvalue weighted by atomic mass is 19.4. The topological polar surface area (TPSA) is 55.1 Å². The van der Waals surface area contributed by atoms with Gasteiger partial charge in [-0.25, -0.2) is 9.78 Å². The maximum atomic E-state index is 12.4. The maximum Gasteiger partial charge on any atom is 0.433 e. The molecule has 0 amide bonds. The third-order valence-electron chi connectivity index (χ3n) is 2.96. The van der Waals surface area contributed by atoms with Crippen molar-refractivity contribution < 1.29 is 23.1 Å². The van der Waals surface area contributed by atoms with E-state index in [0.29, 0.717) is 17.1 Å². The number of carboxylic acid groups (broad SMARTS) is 1. The Hall–Kier alpha value is -2.31. The van der Waals surface area contributed by atoms with Gasteiger partial charge in [-0.3, -0.25) is 0 Å². The molecule has 0 bridgehead atoms. The number of nitrogens with zero attached hydrogens (tertiary/aromatic N) is 2. The van der Waals surface area contributed by atoms with Gasteiger partial charge >= 0.3 is 12.1 Å². The predicted octanol–water partition coefficient (Wildman–Crippen LogP) is 3.21. The van der Waals surface area contributed by atoms with Crippen LogP contribution < -0.4 is 0 Å². The van der Waals surface area contributed by atoms with Crippen LogP contribution in [0.2, 0.25) is 0 Å². The molecule has 7 heteroatoms. The van der Waals surface area contributed by atoms with Crippen LogP contribution in [0.1, 0.15) is 27.4 Å². The molecule has 0 atom stereocenters. The molecular formula is C13H11F3N2O2. The van der Waals surface area contributed by atoms with Crippen LogP contribution in [0.5, 0.6) is 0 Å². The van der Waals surface area contributed by atoms with Crippen molar-refractivity contribution in [3.63, 3.8) is 0 Å². The van der Waals surface area contributed by atoms with Crippen LogP contribution in [0.4, 0.5) is 13.2 Å². The van der Waals surface area contributed by atoms with Gasteiger partial charge in [0.25, 0.3) is 0 Å². The van der Waals surface area contributed by atoms with Crippen LogP contribution in [-0.4, -0.2) is 20.6 Å². The van der Waals surface area contributed by atoms with Gasteiger partial charge in [0.15, 0.2) is 0 Å². The highest BCUT2D eigenvalue weighted by Crippen LogP contribution is 2.28. The van der Waals surface area contributed by atoms with Crippen LogP contribution in [-0.2, 0) is 6.18 Å². The smallest absolute Gasteiger partial charge is 0.433 e. The maximum absolute atomic E-state index is 12.4. The van der Waals surface area contributed by atoms with Crippen LogP contribution in [0.3, 0.4) is 0 Å². The monoisotopic (exact) mass is 284 g/mol. The Morgan fingerprint density at radius 2 is 1.95 bits per heavy atom. The quantitative estimate of drug-likeness (QED) is 0.921. The Labute approximate surface area is 112 Å². The van der Waals surface area contributed by atoms with E-state index >= 15 is 0 Å². The zero-order valence-corrected chi connectivity index (χ0v) is 10.7. The minimum Gasteiger partial charge on any atom is -0.478 e. The Morgan fingerprint density at radius 3 is 2.35 bits per heavy atom. The SMILES string of the molecule is Cc1cc(C(=O)O)c(C)n1-c1ccc(C(F)(F)F)nc1. The summed E-state index contributed by atoms with van der Waals surface area (Å²) in [4.78, 5) is 14.4. The molecule has 0 radical (unpaired) electrons. The van der Waals surface area contributed by atoms with Gasteiger partial charge in [-0.2, -0.15) is 13.2 Å². The number of aromatic carboxylic acids is 1. The van der Waals surface area contributed by atoms with Crippen molar-refractivity contribution in [3.8, 4) is 5.69 Å². The minimum atomic E-state index is -4.49. The second-order valence-corrected chi connectivity index (χ2v) is 4.32. The predicted molar refractivity (Wildman–Crippen MR) is 65.0 cm³/mol. The fraction of sp³-hybridized carbons (Fsp3) is 0.231. The van der Waals surface area contributed by atoms with Crippen LogP contribution in [0, 0.1) is 13.8 Å². The van der Waals surface area contributed by atoms with Gasteiger partial charge in [0, 0.05) is 11.4 Å². The van der Waals surface area contributed by atoms with Crippen molar-refractivity contribution in [2.45, 2.75) is 20.0 Å². The van der Waals surface area contributed by atoms with Gasteiger partial charge in [-0.1, -0.05) is 0 Å². The molecule has 0 unspecified atom stereocenters. The average molecular weight is 284 g/mol. The van der Waals surface area contributed by atoms with E-state index in [1.54, 1.807) is 18.4 Å². The molecule has 2 aromatic heterocycles. The number of aryl methyl sites for hydroxylation is 1. The Morgan fingerprint density at radius 1 is 1.30 bits per heavy atom. The molecule has 1 N–H and O–H groups in total. The minimum absolute atomic E-state index is 0.113. The molecule has 0 aliphatic rings. The van der Waals surface area contributed by atoms with Gasteiger partial charge < -0.3 is 9.67 Å². The van der Waals surface area contributed by atoms with Gasteiger partial charge in [-0.15, -0.1) is 0 Å². The van der Waals surface area contributed by atoms with Gasteiger partial charge in [0.05, 0.1) is 17.4 Å². The lowest BCUT2D eigenvalue weighted by atomic mass is 10.2. The third-order valence-corrected chi connectivity index (χ3v) is 2.96. The molecule has 4 nitrogen and oxygen atoms in total. The summed E-state index contributed by atoms with van der Waals surface area (Å²) in [6.45, 7) is 3.27. The molecule has 0 aliphatic heterocycles. The fourth-order valence-corrected chi connectivity index (χ4v) is 2.06.